The zero-order valence-electron chi connectivity index (χ0n) is 15.7. The van der Waals surface area contributed by atoms with E-state index < -0.39 is 10.8 Å². The SMILES string of the molecule is CCOc1ccccc1N1CC(C(=O)Nc2cccc([N+](=O)[O-])c2C)CC1=O. The van der Waals surface area contributed by atoms with E-state index in [1.54, 1.807) is 30.0 Å². The molecule has 1 unspecified atom stereocenters. The van der Waals surface area contributed by atoms with Crippen molar-refractivity contribution in [3.63, 3.8) is 0 Å². The second-order valence-corrected chi connectivity index (χ2v) is 6.50. The summed E-state index contributed by atoms with van der Waals surface area (Å²) in [5.41, 5.74) is 1.33. The number of ether oxygens (including phenoxy) is 1. The van der Waals surface area contributed by atoms with Gasteiger partial charge in [0.2, 0.25) is 11.8 Å². The van der Waals surface area contributed by atoms with Crippen LogP contribution in [0.3, 0.4) is 0 Å². The van der Waals surface area contributed by atoms with E-state index in [4.69, 9.17) is 4.74 Å². The highest BCUT2D eigenvalue weighted by Crippen LogP contribution is 2.34. The lowest BCUT2D eigenvalue weighted by molar-refractivity contribution is -0.385. The predicted molar refractivity (Wildman–Crippen MR) is 105 cm³/mol. The van der Waals surface area contributed by atoms with Crippen LogP contribution in [0.5, 0.6) is 5.75 Å². The van der Waals surface area contributed by atoms with Crippen LogP contribution in [-0.2, 0) is 9.59 Å². The van der Waals surface area contributed by atoms with Crippen LogP contribution in [0.25, 0.3) is 0 Å². The van der Waals surface area contributed by atoms with Gasteiger partial charge >= 0.3 is 0 Å². The van der Waals surface area contributed by atoms with Gasteiger partial charge in [-0.3, -0.25) is 19.7 Å². The van der Waals surface area contributed by atoms with E-state index in [0.29, 0.717) is 29.3 Å². The number of carbonyl (C=O) groups excluding carboxylic acids is 2. The number of benzene rings is 2. The third-order valence-electron chi connectivity index (χ3n) is 4.71. The molecule has 0 bridgehead atoms. The van der Waals surface area contributed by atoms with Gasteiger partial charge in [-0.1, -0.05) is 18.2 Å². The molecule has 0 aromatic heterocycles. The van der Waals surface area contributed by atoms with Gasteiger partial charge in [-0.05, 0) is 32.0 Å². The molecule has 3 rings (SSSR count). The zero-order valence-corrected chi connectivity index (χ0v) is 15.7. The van der Waals surface area contributed by atoms with Crippen LogP contribution in [-0.4, -0.2) is 29.9 Å². The maximum Gasteiger partial charge on any atom is 0.274 e. The van der Waals surface area contributed by atoms with Gasteiger partial charge in [0.25, 0.3) is 5.69 Å². The monoisotopic (exact) mass is 383 g/mol. The van der Waals surface area contributed by atoms with Crippen molar-refractivity contribution >= 4 is 28.9 Å². The fourth-order valence-electron chi connectivity index (χ4n) is 3.27. The molecular weight excluding hydrogens is 362 g/mol. The Hall–Kier alpha value is -3.42. The minimum Gasteiger partial charge on any atom is -0.492 e. The van der Waals surface area contributed by atoms with Crippen LogP contribution in [0.4, 0.5) is 17.1 Å². The third-order valence-corrected chi connectivity index (χ3v) is 4.71. The molecule has 2 aromatic carbocycles. The number of nitro groups is 1. The quantitative estimate of drug-likeness (QED) is 0.609. The van der Waals surface area contributed by atoms with Crippen molar-refractivity contribution in [1.82, 2.24) is 0 Å². The Bertz CT molecular complexity index is 928. The van der Waals surface area contributed by atoms with Gasteiger partial charge in [-0.15, -0.1) is 0 Å². The van der Waals surface area contributed by atoms with Crippen LogP contribution in [0, 0.1) is 23.0 Å². The number of nitro benzene ring substituents is 1. The van der Waals surface area contributed by atoms with Crippen LogP contribution in [0.15, 0.2) is 42.5 Å². The fraction of sp³-hybridized carbons (Fsp3) is 0.300. The van der Waals surface area contributed by atoms with Gasteiger partial charge < -0.3 is 15.0 Å². The Balaban J connectivity index is 1.76. The van der Waals surface area contributed by atoms with Crippen molar-refractivity contribution in [3.05, 3.63) is 58.1 Å². The first-order valence-corrected chi connectivity index (χ1v) is 8.99. The largest absolute Gasteiger partial charge is 0.492 e. The molecule has 2 aromatic rings. The molecule has 1 saturated heterocycles. The van der Waals surface area contributed by atoms with Gasteiger partial charge in [-0.2, -0.15) is 0 Å². The standard InChI is InChI=1S/C20H21N3O5/c1-3-28-18-10-5-4-8-17(18)22-12-14(11-19(22)24)20(25)21-15-7-6-9-16(13(15)2)23(26)27/h4-10,14H,3,11-12H2,1-2H3,(H,21,25). The van der Waals surface area contributed by atoms with Crippen molar-refractivity contribution in [3.8, 4) is 5.75 Å². The number of hydrogen-bond acceptors (Lipinski definition) is 5. The average Bonchev–Trinajstić information content (AvgIpc) is 3.05. The number of nitrogens with zero attached hydrogens (tertiary/aromatic N) is 2. The first-order chi connectivity index (χ1) is 13.4. The second-order valence-electron chi connectivity index (χ2n) is 6.50. The van der Waals surface area contributed by atoms with E-state index >= 15 is 0 Å². The Morgan fingerprint density at radius 1 is 1.29 bits per heavy atom. The van der Waals surface area contributed by atoms with E-state index in [1.165, 1.54) is 12.1 Å². The van der Waals surface area contributed by atoms with Crippen molar-refractivity contribution in [2.75, 3.05) is 23.4 Å². The molecule has 0 aliphatic carbocycles. The number of hydrogen-bond donors (Lipinski definition) is 1. The van der Waals surface area contributed by atoms with Gasteiger partial charge in [0.05, 0.1) is 34.4 Å². The molecule has 1 heterocycles. The molecular formula is C20H21N3O5. The summed E-state index contributed by atoms with van der Waals surface area (Å²) in [6.07, 6.45) is 0.0697. The maximum absolute atomic E-state index is 12.7. The topological polar surface area (TPSA) is 102 Å². The summed E-state index contributed by atoms with van der Waals surface area (Å²) in [6, 6.07) is 11.7. The Morgan fingerprint density at radius 3 is 2.75 bits per heavy atom. The summed E-state index contributed by atoms with van der Waals surface area (Å²) in [5, 5.41) is 13.8. The molecule has 8 nitrogen and oxygen atoms in total. The lowest BCUT2D eigenvalue weighted by atomic mass is 10.1. The third kappa shape index (κ3) is 3.80. The Kier molecular flexibility index (Phi) is 5.58. The average molecular weight is 383 g/mol. The summed E-state index contributed by atoms with van der Waals surface area (Å²) >= 11 is 0. The lowest BCUT2D eigenvalue weighted by Crippen LogP contribution is -2.28. The number of amides is 2. The number of rotatable bonds is 6. The van der Waals surface area contributed by atoms with E-state index in [1.807, 2.05) is 19.1 Å². The van der Waals surface area contributed by atoms with Crippen LogP contribution >= 0.6 is 0 Å². The Labute approximate surface area is 162 Å². The van der Waals surface area contributed by atoms with Gasteiger partial charge in [0.15, 0.2) is 0 Å². The summed E-state index contributed by atoms with van der Waals surface area (Å²) in [5.74, 6) is -0.466. The molecule has 28 heavy (non-hydrogen) atoms. The molecule has 0 spiro atoms. The first-order valence-electron chi connectivity index (χ1n) is 8.99. The maximum atomic E-state index is 12.7. The van der Waals surface area contributed by atoms with Crippen molar-refractivity contribution < 1.29 is 19.2 Å². The van der Waals surface area contributed by atoms with Crippen LogP contribution < -0.4 is 15.0 Å². The number of nitrogens with one attached hydrogen (secondary N) is 1. The molecule has 8 heteroatoms. The fourth-order valence-corrected chi connectivity index (χ4v) is 3.27. The molecule has 2 amide bonds. The molecule has 1 aliphatic heterocycles. The lowest BCUT2D eigenvalue weighted by Gasteiger charge is -2.20. The normalized spacial score (nSPS) is 16.1. The first kappa shape index (κ1) is 19.3. The van der Waals surface area contributed by atoms with Crippen molar-refractivity contribution in [1.29, 1.82) is 0 Å². The molecule has 1 atom stereocenters. The highest BCUT2D eigenvalue weighted by molar-refractivity contribution is 6.04. The minimum atomic E-state index is -0.555. The number of para-hydroxylation sites is 2. The van der Waals surface area contributed by atoms with E-state index in [-0.39, 0.29) is 30.5 Å². The summed E-state index contributed by atoms with van der Waals surface area (Å²) in [4.78, 5) is 37.3. The summed E-state index contributed by atoms with van der Waals surface area (Å²) in [6.45, 7) is 4.14. The minimum absolute atomic E-state index is 0.0624. The molecule has 1 aliphatic rings. The van der Waals surface area contributed by atoms with Crippen molar-refractivity contribution in [2.45, 2.75) is 20.3 Å². The van der Waals surface area contributed by atoms with Gasteiger partial charge in [0.1, 0.15) is 5.75 Å². The molecule has 0 saturated carbocycles. The number of anilines is 2. The van der Waals surface area contributed by atoms with Gasteiger partial charge in [-0.25, -0.2) is 0 Å². The smallest absolute Gasteiger partial charge is 0.274 e. The molecule has 146 valence electrons. The van der Waals surface area contributed by atoms with E-state index in [0.717, 1.165) is 0 Å². The molecule has 1 fully saturated rings. The van der Waals surface area contributed by atoms with Crippen LogP contribution in [0.2, 0.25) is 0 Å². The Morgan fingerprint density at radius 2 is 2.04 bits per heavy atom. The van der Waals surface area contributed by atoms with E-state index in [9.17, 15) is 19.7 Å². The highest BCUT2D eigenvalue weighted by Gasteiger charge is 2.36. The summed E-state index contributed by atoms with van der Waals surface area (Å²) in [7, 11) is 0. The number of carbonyl (C=O) groups is 2. The predicted octanol–water partition coefficient (Wildman–Crippen LogP) is 3.29. The van der Waals surface area contributed by atoms with E-state index in [2.05, 4.69) is 5.32 Å². The van der Waals surface area contributed by atoms with Gasteiger partial charge in [0, 0.05) is 19.0 Å². The summed E-state index contributed by atoms with van der Waals surface area (Å²) < 4.78 is 5.58. The second kappa shape index (κ2) is 8.08. The highest BCUT2D eigenvalue weighted by atomic mass is 16.6. The molecule has 1 N–H and O–H groups in total. The van der Waals surface area contributed by atoms with Crippen LogP contribution in [0.1, 0.15) is 18.9 Å². The van der Waals surface area contributed by atoms with Crippen molar-refractivity contribution in [2.24, 2.45) is 5.92 Å². The zero-order chi connectivity index (χ0) is 20.3. The molecule has 0 radical (unpaired) electrons.